The summed E-state index contributed by atoms with van der Waals surface area (Å²) in [7, 11) is 4.19. The first-order valence-electron chi connectivity index (χ1n) is 6.40. The van der Waals surface area contributed by atoms with Crippen molar-refractivity contribution in [3.63, 3.8) is 0 Å². The van der Waals surface area contributed by atoms with E-state index in [4.69, 9.17) is 0 Å². The molecule has 1 aromatic rings. The van der Waals surface area contributed by atoms with Crippen molar-refractivity contribution in [1.82, 2.24) is 15.5 Å². The highest BCUT2D eigenvalue weighted by molar-refractivity contribution is 5.39. The second-order valence-corrected chi connectivity index (χ2v) is 5.00. The Hall–Kier alpha value is -1.16. The molecule has 4 heteroatoms. The number of hydrogen-bond donors (Lipinski definition) is 1. The van der Waals surface area contributed by atoms with Crippen LogP contribution in [0.4, 0.5) is 5.82 Å². The summed E-state index contributed by atoms with van der Waals surface area (Å²) in [6.07, 6.45) is 6.78. The normalized spacial score (nSPS) is 24.6. The van der Waals surface area contributed by atoms with Crippen LogP contribution < -0.4 is 10.2 Å². The molecule has 1 heterocycles. The topological polar surface area (TPSA) is 41.0 Å². The maximum absolute atomic E-state index is 4.21. The van der Waals surface area contributed by atoms with Crippen molar-refractivity contribution in [2.45, 2.75) is 44.7 Å². The van der Waals surface area contributed by atoms with Crippen LogP contribution in [-0.2, 0) is 0 Å². The van der Waals surface area contributed by atoms with Crippen LogP contribution >= 0.6 is 0 Å². The summed E-state index contributed by atoms with van der Waals surface area (Å²) < 4.78 is 0. The van der Waals surface area contributed by atoms with Crippen molar-refractivity contribution in [2.75, 3.05) is 19.0 Å². The minimum atomic E-state index is 0.607. The Labute approximate surface area is 103 Å². The van der Waals surface area contributed by atoms with Crippen molar-refractivity contribution in [3.8, 4) is 0 Å². The minimum Gasteiger partial charge on any atom is -0.355 e. The summed E-state index contributed by atoms with van der Waals surface area (Å²) in [5.74, 6) is 0.998. The minimum absolute atomic E-state index is 0.607. The molecule has 2 rings (SSSR count). The van der Waals surface area contributed by atoms with E-state index in [9.17, 15) is 0 Å². The van der Waals surface area contributed by atoms with Crippen LogP contribution in [-0.4, -0.2) is 36.4 Å². The van der Waals surface area contributed by atoms with E-state index in [1.54, 1.807) is 6.20 Å². The average molecular weight is 234 g/mol. The van der Waals surface area contributed by atoms with Crippen LogP contribution in [0, 0.1) is 6.92 Å². The Kier molecular flexibility index (Phi) is 3.94. The van der Waals surface area contributed by atoms with Gasteiger partial charge in [0.25, 0.3) is 0 Å². The van der Waals surface area contributed by atoms with Crippen LogP contribution in [0.5, 0.6) is 0 Å². The van der Waals surface area contributed by atoms with Crippen LogP contribution in [0.15, 0.2) is 12.3 Å². The third-order valence-electron chi connectivity index (χ3n) is 3.79. The molecule has 0 aromatic carbocycles. The zero-order valence-electron chi connectivity index (χ0n) is 11.0. The van der Waals surface area contributed by atoms with Gasteiger partial charge in [-0.1, -0.05) is 0 Å². The van der Waals surface area contributed by atoms with Crippen molar-refractivity contribution in [3.05, 3.63) is 17.8 Å². The number of nitrogens with one attached hydrogen (secondary N) is 1. The van der Waals surface area contributed by atoms with Gasteiger partial charge in [0.2, 0.25) is 0 Å². The SMILES string of the molecule is CNC1CCC(N(C)c2cc(C)cnn2)CC1. The van der Waals surface area contributed by atoms with Gasteiger partial charge in [-0.25, -0.2) is 0 Å². The molecule has 1 fully saturated rings. The maximum atomic E-state index is 4.21. The lowest BCUT2D eigenvalue weighted by atomic mass is 9.90. The molecule has 0 atom stereocenters. The molecule has 0 unspecified atom stereocenters. The highest BCUT2D eigenvalue weighted by atomic mass is 15.3. The number of anilines is 1. The van der Waals surface area contributed by atoms with Gasteiger partial charge in [0.1, 0.15) is 0 Å². The highest BCUT2D eigenvalue weighted by Gasteiger charge is 2.23. The van der Waals surface area contributed by atoms with Gasteiger partial charge in [0, 0.05) is 19.1 Å². The van der Waals surface area contributed by atoms with Crippen LogP contribution in [0.25, 0.3) is 0 Å². The first kappa shape index (κ1) is 12.3. The van der Waals surface area contributed by atoms with Gasteiger partial charge in [0.15, 0.2) is 5.82 Å². The van der Waals surface area contributed by atoms with Gasteiger partial charge in [-0.05, 0) is 51.3 Å². The van der Waals surface area contributed by atoms with Gasteiger partial charge < -0.3 is 10.2 Å². The molecule has 0 radical (unpaired) electrons. The fourth-order valence-corrected chi connectivity index (χ4v) is 2.56. The molecule has 4 nitrogen and oxygen atoms in total. The highest BCUT2D eigenvalue weighted by Crippen LogP contribution is 2.25. The van der Waals surface area contributed by atoms with Crippen molar-refractivity contribution in [2.24, 2.45) is 0 Å². The molecule has 94 valence electrons. The molecule has 1 aromatic heterocycles. The third kappa shape index (κ3) is 2.94. The van der Waals surface area contributed by atoms with Crippen molar-refractivity contribution in [1.29, 1.82) is 0 Å². The molecule has 0 saturated heterocycles. The molecule has 0 spiro atoms. The number of rotatable bonds is 3. The summed E-state index contributed by atoms with van der Waals surface area (Å²) in [4.78, 5) is 2.28. The van der Waals surface area contributed by atoms with Gasteiger partial charge >= 0.3 is 0 Å². The first-order valence-corrected chi connectivity index (χ1v) is 6.40. The van der Waals surface area contributed by atoms with Gasteiger partial charge in [-0.2, -0.15) is 5.10 Å². The molecule has 0 amide bonds. The summed E-state index contributed by atoms with van der Waals surface area (Å²) in [6, 6.07) is 3.41. The van der Waals surface area contributed by atoms with E-state index in [1.807, 2.05) is 0 Å². The molecule has 1 aliphatic rings. The smallest absolute Gasteiger partial charge is 0.151 e. The standard InChI is InChI=1S/C13H22N4/c1-10-8-13(16-15-9-10)17(3)12-6-4-11(14-2)5-7-12/h8-9,11-12,14H,4-7H2,1-3H3. The summed E-state index contributed by atoms with van der Waals surface area (Å²) >= 11 is 0. The van der Waals surface area contributed by atoms with Crippen LogP contribution in [0.1, 0.15) is 31.2 Å². The summed E-state index contributed by atoms with van der Waals surface area (Å²) in [6.45, 7) is 2.06. The summed E-state index contributed by atoms with van der Waals surface area (Å²) in [5, 5.41) is 11.6. The quantitative estimate of drug-likeness (QED) is 0.865. The zero-order chi connectivity index (χ0) is 12.3. The van der Waals surface area contributed by atoms with E-state index in [0.29, 0.717) is 12.1 Å². The Balaban J connectivity index is 1.99. The molecule has 1 N–H and O–H groups in total. The van der Waals surface area contributed by atoms with Crippen molar-refractivity contribution >= 4 is 5.82 Å². The largest absolute Gasteiger partial charge is 0.355 e. The summed E-state index contributed by atoms with van der Waals surface area (Å²) in [5.41, 5.74) is 1.17. The first-order chi connectivity index (χ1) is 8.20. The predicted octanol–water partition coefficient (Wildman–Crippen LogP) is 1.75. The molecular formula is C13H22N4. The monoisotopic (exact) mass is 234 g/mol. The Morgan fingerprint density at radius 2 is 2.00 bits per heavy atom. The van der Waals surface area contributed by atoms with Crippen LogP contribution in [0.2, 0.25) is 0 Å². The third-order valence-corrected chi connectivity index (χ3v) is 3.79. The Bertz CT molecular complexity index is 358. The Morgan fingerprint density at radius 1 is 1.29 bits per heavy atom. The molecule has 0 aliphatic heterocycles. The number of hydrogen-bond acceptors (Lipinski definition) is 4. The van der Waals surface area contributed by atoms with E-state index in [-0.39, 0.29) is 0 Å². The van der Waals surface area contributed by atoms with Gasteiger partial charge in [-0.3, -0.25) is 0 Å². The molecule has 1 saturated carbocycles. The fourth-order valence-electron chi connectivity index (χ4n) is 2.56. The molecule has 1 aliphatic carbocycles. The van der Waals surface area contributed by atoms with Crippen molar-refractivity contribution < 1.29 is 0 Å². The number of nitrogens with zero attached hydrogens (tertiary/aromatic N) is 3. The van der Waals surface area contributed by atoms with Gasteiger partial charge in [-0.15, -0.1) is 5.10 Å². The lowest BCUT2D eigenvalue weighted by molar-refractivity contribution is 0.350. The number of aromatic nitrogens is 2. The van der Waals surface area contributed by atoms with E-state index in [1.165, 1.54) is 31.2 Å². The Morgan fingerprint density at radius 3 is 2.59 bits per heavy atom. The zero-order valence-corrected chi connectivity index (χ0v) is 11.0. The molecule has 0 bridgehead atoms. The van der Waals surface area contributed by atoms with Gasteiger partial charge in [0.05, 0.1) is 6.20 Å². The van der Waals surface area contributed by atoms with Crippen LogP contribution in [0.3, 0.4) is 0 Å². The molecular weight excluding hydrogens is 212 g/mol. The molecule has 17 heavy (non-hydrogen) atoms. The lowest BCUT2D eigenvalue weighted by Gasteiger charge is -2.35. The van der Waals surface area contributed by atoms with E-state index >= 15 is 0 Å². The number of aryl methyl sites for hydroxylation is 1. The van der Waals surface area contributed by atoms with E-state index < -0.39 is 0 Å². The second kappa shape index (κ2) is 5.45. The maximum Gasteiger partial charge on any atom is 0.151 e. The second-order valence-electron chi connectivity index (χ2n) is 5.00. The van der Waals surface area contributed by atoms with E-state index in [0.717, 1.165) is 5.82 Å². The van der Waals surface area contributed by atoms with E-state index in [2.05, 4.69) is 47.5 Å². The predicted molar refractivity (Wildman–Crippen MR) is 70.3 cm³/mol. The average Bonchev–Trinajstić information content (AvgIpc) is 2.38. The fraction of sp³-hybridized carbons (Fsp3) is 0.692. The lowest BCUT2D eigenvalue weighted by Crippen LogP contribution is -2.40.